The van der Waals surface area contributed by atoms with Gasteiger partial charge in [0.2, 0.25) is 0 Å². The summed E-state index contributed by atoms with van der Waals surface area (Å²) in [5.74, 6) is 1.86. The smallest absolute Gasteiger partial charge is 0.126 e. The number of rotatable bonds is 6. The second-order valence-corrected chi connectivity index (χ2v) is 5.63. The van der Waals surface area contributed by atoms with Crippen LogP contribution in [0.5, 0.6) is 11.5 Å². The van der Waals surface area contributed by atoms with Gasteiger partial charge in [-0.15, -0.1) is 0 Å². The maximum absolute atomic E-state index is 6.25. The monoisotopic (exact) mass is 297 g/mol. The van der Waals surface area contributed by atoms with Crippen molar-refractivity contribution in [2.24, 2.45) is 0 Å². The molecule has 3 heteroatoms. The largest absolute Gasteiger partial charge is 0.493 e. The topological polar surface area (TPSA) is 30.5 Å². The van der Waals surface area contributed by atoms with Gasteiger partial charge < -0.3 is 14.8 Å². The van der Waals surface area contributed by atoms with Crippen molar-refractivity contribution in [3.05, 3.63) is 59.7 Å². The minimum absolute atomic E-state index is 0.0512. The molecule has 2 aromatic carbocycles. The lowest BCUT2D eigenvalue weighted by molar-refractivity contribution is 0.193. The zero-order valence-electron chi connectivity index (χ0n) is 13.0. The van der Waals surface area contributed by atoms with Crippen molar-refractivity contribution in [2.45, 2.75) is 25.4 Å². The van der Waals surface area contributed by atoms with Gasteiger partial charge >= 0.3 is 0 Å². The Morgan fingerprint density at radius 3 is 2.86 bits per heavy atom. The maximum Gasteiger partial charge on any atom is 0.126 e. The molecule has 116 valence electrons. The first-order valence-electron chi connectivity index (χ1n) is 7.99. The molecule has 2 aromatic rings. The van der Waals surface area contributed by atoms with E-state index < -0.39 is 0 Å². The summed E-state index contributed by atoms with van der Waals surface area (Å²) < 4.78 is 12.0. The molecular formula is C19H23NO2. The minimum atomic E-state index is 0.0512. The third-order valence-electron chi connectivity index (χ3n) is 3.99. The van der Waals surface area contributed by atoms with E-state index in [1.165, 1.54) is 11.1 Å². The second kappa shape index (κ2) is 7.32. The lowest BCUT2D eigenvalue weighted by Crippen LogP contribution is -2.16. The number of hydrogen-bond acceptors (Lipinski definition) is 3. The summed E-state index contributed by atoms with van der Waals surface area (Å²) in [7, 11) is 1.97. The Labute approximate surface area is 132 Å². The van der Waals surface area contributed by atoms with Gasteiger partial charge in [0, 0.05) is 12.5 Å². The molecule has 1 aliphatic heterocycles. The van der Waals surface area contributed by atoms with Gasteiger partial charge in [0.25, 0.3) is 0 Å². The molecule has 1 heterocycles. The first-order chi connectivity index (χ1) is 10.9. The Kier molecular flexibility index (Phi) is 4.96. The normalized spacial score (nSPS) is 14.8. The highest BCUT2D eigenvalue weighted by Crippen LogP contribution is 2.32. The Hall–Kier alpha value is -2.00. The Balaban J connectivity index is 1.78. The number of benzene rings is 2. The lowest BCUT2D eigenvalue weighted by atomic mass is 10.1. The number of hydrogen-bond donors (Lipinski definition) is 1. The van der Waals surface area contributed by atoms with Gasteiger partial charge in [-0.1, -0.05) is 36.4 Å². The number of nitrogens with one attached hydrogen (secondary N) is 1. The number of ether oxygens (including phenoxy) is 2. The van der Waals surface area contributed by atoms with E-state index in [1.54, 1.807) is 0 Å². The summed E-state index contributed by atoms with van der Waals surface area (Å²) in [6.07, 6.45) is 3.17. The summed E-state index contributed by atoms with van der Waals surface area (Å²) in [5, 5.41) is 3.20. The van der Waals surface area contributed by atoms with Crippen molar-refractivity contribution in [1.29, 1.82) is 0 Å². The molecule has 22 heavy (non-hydrogen) atoms. The summed E-state index contributed by atoms with van der Waals surface area (Å²) in [5.41, 5.74) is 2.49. The zero-order valence-corrected chi connectivity index (χ0v) is 13.0. The van der Waals surface area contributed by atoms with E-state index in [4.69, 9.17) is 9.47 Å². The average Bonchev–Trinajstić information content (AvgIpc) is 2.59. The van der Waals surface area contributed by atoms with Gasteiger partial charge in [0.05, 0.1) is 6.61 Å². The highest BCUT2D eigenvalue weighted by Gasteiger charge is 2.15. The van der Waals surface area contributed by atoms with Gasteiger partial charge in [0.15, 0.2) is 0 Å². The van der Waals surface area contributed by atoms with E-state index in [0.717, 1.165) is 43.9 Å². The predicted octanol–water partition coefficient (Wildman–Crippen LogP) is 3.74. The third-order valence-corrected chi connectivity index (χ3v) is 3.99. The fourth-order valence-corrected chi connectivity index (χ4v) is 2.79. The predicted molar refractivity (Wildman–Crippen MR) is 88.6 cm³/mol. The third kappa shape index (κ3) is 3.60. The van der Waals surface area contributed by atoms with Gasteiger partial charge in [-0.3, -0.25) is 0 Å². The summed E-state index contributed by atoms with van der Waals surface area (Å²) in [6, 6.07) is 16.6. The molecule has 1 N–H and O–H groups in total. The first kappa shape index (κ1) is 14.9. The Morgan fingerprint density at radius 1 is 1.18 bits per heavy atom. The van der Waals surface area contributed by atoms with Crippen LogP contribution in [-0.2, 0) is 6.42 Å². The van der Waals surface area contributed by atoms with Crippen LogP contribution >= 0.6 is 0 Å². The van der Waals surface area contributed by atoms with E-state index in [0.29, 0.717) is 0 Å². The van der Waals surface area contributed by atoms with E-state index in [1.807, 2.05) is 19.2 Å². The number of fused-ring (bicyclic) bond motifs is 1. The van der Waals surface area contributed by atoms with Crippen LogP contribution < -0.4 is 14.8 Å². The van der Waals surface area contributed by atoms with Crippen LogP contribution in [0.2, 0.25) is 0 Å². The standard InChI is InChI=1S/C19H23NO2/c1-20-12-11-18(15-6-3-2-4-7-15)22-17-10-9-16-8-5-13-21-19(16)14-17/h2-4,6-7,9-10,14,18,20H,5,8,11-13H2,1H3. The maximum atomic E-state index is 6.25. The molecule has 3 nitrogen and oxygen atoms in total. The summed E-state index contributed by atoms with van der Waals surface area (Å²) in [4.78, 5) is 0. The molecule has 0 radical (unpaired) electrons. The highest BCUT2D eigenvalue weighted by molar-refractivity contribution is 5.42. The van der Waals surface area contributed by atoms with Gasteiger partial charge in [-0.2, -0.15) is 0 Å². The first-order valence-corrected chi connectivity index (χ1v) is 7.99. The van der Waals surface area contributed by atoms with E-state index in [-0.39, 0.29) is 6.10 Å². The van der Waals surface area contributed by atoms with Crippen LogP contribution in [-0.4, -0.2) is 20.2 Å². The van der Waals surface area contributed by atoms with Crippen molar-refractivity contribution in [2.75, 3.05) is 20.2 Å². The fraction of sp³-hybridized carbons (Fsp3) is 0.368. The highest BCUT2D eigenvalue weighted by atomic mass is 16.5. The second-order valence-electron chi connectivity index (χ2n) is 5.63. The average molecular weight is 297 g/mol. The van der Waals surface area contributed by atoms with E-state index in [9.17, 15) is 0 Å². The van der Waals surface area contributed by atoms with Crippen molar-refractivity contribution in [3.8, 4) is 11.5 Å². The molecule has 0 bridgehead atoms. The molecule has 0 saturated carbocycles. The molecule has 1 atom stereocenters. The van der Waals surface area contributed by atoms with Crippen LogP contribution in [0.1, 0.15) is 30.1 Å². The lowest BCUT2D eigenvalue weighted by Gasteiger charge is -2.22. The quantitative estimate of drug-likeness (QED) is 0.881. The van der Waals surface area contributed by atoms with Crippen LogP contribution in [0.3, 0.4) is 0 Å². The van der Waals surface area contributed by atoms with Crippen LogP contribution in [0.25, 0.3) is 0 Å². The van der Waals surface area contributed by atoms with Crippen molar-refractivity contribution in [1.82, 2.24) is 5.32 Å². The molecular weight excluding hydrogens is 274 g/mol. The van der Waals surface area contributed by atoms with Crippen LogP contribution in [0, 0.1) is 0 Å². The van der Waals surface area contributed by atoms with Crippen molar-refractivity contribution >= 4 is 0 Å². The molecule has 1 aliphatic rings. The fourth-order valence-electron chi connectivity index (χ4n) is 2.79. The molecule has 0 fully saturated rings. The molecule has 0 saturated heterocycles. The Morgan fingerprint density at radius 2 is 2.05 bits per heavy atom. The molecule has 0 aromatic heterocycles. The summed E-state index contributed by atoms with van der Waals surface area (Å²) >= 11 is 0. The molecule has 0 amide bonds. The zero-order chi connectivity index (χ0) is 15.2. The van der Waals surface area contributed by atoms with Crippen LogP contribution in [0.15, 0.2) is 48.5 Å². The van der Waals surface area contributed by atoms with Gasteiger partial charge in [0.1, 0.15) is 17.6 Å². The van der Waals surface area contributed by atoms with Crippen molar-refractivity contribution < 1.29 is 9.47 Å². The van der Waals surface area contributed by atoms with Crippen LogP contribution in [0.4, 0.5) is 0 Å². The SMILES string of the molecule is CNCCC(Oc1ccc2c(c1)OCCC2)c1ccccc1. The molecule has 3 rings (SSSR count). The summed E-state index contributed by atoms with van der Waals surface area (Å²) in [6.45, 7) is 1.72. The minimum Gasteiger partial charge on any atom is -0.493 e. The van der Waals surface area contributed by atoms with Gasteiger partial charge in [-0.05, 0) is 43.6 Å². The molecule has 0 spiro atoms. The van der Waals surface area contributed by atoms with E-state index >= 15 is 0 Å². The molecule has 0 aliphatic carbocycles. The van der Waals surface area contributed by atoms with E-state index in [2.05, 4.69) is 41.7 Å². The van der Waals surface area contributed by atoms with Gasteiger partial charge in [-0.25, -0.2) is 0 Å². The number of aryl methyl sites for hydroxylation is 1. The Bertz CT molecular complexity index is 598. The molecule has 1 unspecified atom stereocenters. The van der Waals surface area contributed by atoms with Crippen molar-refractivity contribution in [3.63, 3.8) is 0 Å².